The van der Waals surface area contributed by atoms with Crippen LogP contribution in [0.4, 0.5) is 10.5 Å². The second-order valence-corrected chi connectivity index (χ2v) is 6.92. The van der Waals surface area contributed by atoms with Crippen LogP contribution in [-0.2, 0) is 14.3 Å². The Balaban J connectivity index is 2.00. The van der Waals surface area contributed by atoms with Crippen LogP contribution in [0.3, 0.4) is 0 Å². The molecule has 2 aromatic rings. The summed E-state index contributed by atoms with van der Waals surface area (Å²) in [6, 6.07) is 13.5. The second kappa shape index (κ2) is 8.31. The van der Waals surface area contributed by atoms with Gasteiger partial charge in [-0.3, -0.25) is 9.59 Å². The van der Waals surface area contributed by atoms with Crippen molar-refractivity contribution >= 4 is 35.2 Å². The summed E-state index contributed by atoms with van der Waals surface area (Å²) in [6.07, 6.45) is 0.0878. The molecule has 3 atom stereocenters. The van der Waals surface area contributed by atoms with E-state index in [4.69, 9.17) is 22.1 Å². The van der Waals surface area contributed by atoms with Gasteiger partial charge in [-0.2, -0.15) is 0 Å². The number of urea groups is 1. The topological polar surface area (TPSA) is 102 Å². The standard InChI is InChI=1S/C20H20ClN3O4/c1-28-19(26)15-11-16(18(22)25)24(17(15)12-6-3-2-4-7-12)20(27)23-14-9-5-8-13(21)10-14/h2-10,15-17H,11H2,1H3,(H2,22,25)(H,23,27). The van der Waals surface area contributed by atoms with Crippen molar-refractivity contribution in [2.24, 2.45) is 11.7 Å². The number of nitrogens with one attached hydrogen (secondary N) is 1. The van der Waals surface area contributed by atoms with Gasteiger partial charge >= 0.3 is 12.0 Å². The number of amides is 3. The number of rotatable bonds is 4. The molecule has 0 aromatic heterocycles. The smallest absolute Gasteiger partial charge is 0.323 e. The molecule has 146 valence electrons. The zero-order valence-corrected chi connectivity index (χ0v) is 15.9. The molecular formula is C20H20ClN3O4. The van der Waals surface area contributed by atoms with Gasteiger partial charge in [-0.05, 0) is 30.2 Å². The monoisotopic (exact) mass is 401 g/mol. The maximum absolute atomic E-state index is 13.1. The van der Waals surface area contributed by atoms with Crippen molar-refractivity contribution in [3.8, 4) is 0 Å². The third-order valence-corrected chi connectivity index (χ3v) is 5.01. The van der Waals surface area contributed by atoms with Crippen LogP contribution in [0.15, 0.2) is 54.6 Å². The molecule has 0 bridgehead atoms. The number of anilines is 1. The first-order valence-electron chi connectivity index (χ1n) is 8.69. The molecule has 1 fully saturated rings. The largest absolute Gasteiger partial charge is 0.469 e. The van der Waals surface area contributed by atoms with Crippen molar-refractivity contribution in [1.29, 1.82) is 0 Å². The summed E-state index contributed by atoms with van der Waals surface area (Å²) in [7, 11) is 1.28. The normalized spacial score (nSPS) is 21.2. The molecule has 1 aliphatic heterocycles. The number of halogens is 1. The van der Waals surface area contributed by atoms with Crippen LogP contribution in [0.5, 0.6) is 0 Å². The minimum absolute atomic E-state index is 0.0878. The van der Waals surface area contributed by atoms with Crippen LogP contribution >= 0.6 is 11.6 Å². The number of methoxy groups -OCH3 is 1. The SMILES string of the molecule is COC(=O)C1CC(C(N)=O)N(C(=O)Nc2cccc(Cl)c2)C1c1ccccc1. The average molecular weight is 402 g/mol. The molecule has 28 heavy (non-hydrogen) atoms. The highest BCUT2D eigenvalue weighted by atomic mass is 35.5. The zero-order valence-electron chi connectivity index (χ0n) is 15.2. The number of carbonyl (C=O) groups is 3. The summed E-state index contributed by atoms with van der Waals surface area (Å²) in [5, 5.41) is 3.19. The average Bonchev–Trinajstić information content (AvgIpc) is 3.09. The number of nitrogens with two attached hydrogens (primary N) is 1. The summed E-state index contributed by atoms with van der Waals surface area (Å²) in [5.41, 5.74) is 6.73. The van der Waals surface area contributed by atoms with E-state index in [2.05, 4.69) is 5.32 Å². The molecule has 3 unspecified atom stereocenters. The second-order valence-electron chi connectivity index (χ2n) is 6.49. The van der Waals surface area contributed by atoms with Crippen LogP contribution < -0.4 is 11.1 Å². The lowest BCUT2D eigenvalue weighted by Crippen LogP contribution is -2.46. The Morgan fingerprint density at radius 2 is 1.86 bits per heavy atom. The van der Waals surface area contributed by atoms with E-state index in [1.165, 1.54) is 12.0 Å². The molecule has 7 nitrogen and oxygen atoms in total. The Morgan fingerprint density at radius 1 is 1.14 bits per heavy atom. The molecular weight excluding hydrogens is 382 g/mol. The molecule has 3 N–H and O–H groups in total. The number of hydrogen-bond donors (Lipinski definition) is 2. The highest BCUT2D eigenvalue weighted by Gasteiger charge is 2.50. The number of benzene rings is 2. The number of nitrogens with zero attached hydrogens (tertiary/aromatic N) is 1. The molecule has 0 radical (unpaired) electrons. The van der Waals surface area contributed by atoms with Crippen LogP contribution in [0.25, 0.3) is 0 Å². The molecule has 2 aromatic carbocycles. The highest BCUT2D eigenvalue weighted by molar-refractivity contribution is 6.30. The number of carbonyl (C=O) groups excluding carboxylic acids is 3. The van der Waals surface area contributed by atoms with Gasteiger partial charge in [-0.25, -0.2) is 4.79 Å². The van der Waals surface area contributed by atoms with E-state index in [-0.39, 0.29) is 6.42 Å². The Labute approximate surface area is 167 Å². The van der Waals surface area contributed by atoms with Gasteiger partial charge in [0, 0.05) is 10.7 Å². The quantitative estimate of drug-likeness (QED) is 0.769. The molecule has 3 amide bonds. The van der Waals surface area contributed by atoms with Gasteiger partial charge in [-0.15, -0.1) is 0 Å². The summed E-state index contributed by atoms with van der Waals surface area (Å²) in [6.45, 7) is 0. The van der Waals surface area contributed by atoms with Gasteiger partial charge in [0.05, 0.1) is 19.1 Å². The van der Waals surface area contributed by atoms with E-state index in [0.29, 0.717) is 16.3 Å². The third kappa shape index (κ3) is 3.94. The fourth-order valence-corrected chi connectivity index (χ4v) is 3.76. The fraction of sp³-hybridized carbons (Fsp3) is 0.250. The molecule has 1 heterocycles. The summed E-state index contributed by atoms with van der Waals surface area (Å²) in [5.74, 6) is -1.90. The molecule has 0 saturated carbocycles. The van der Waals surface area contributed by atoms with E-state index in [1.54, 1.807) is 48.5 Å². The van der Waals surface area contributed by atoms with Crippen LogP contribution in [0.2, 0.25) is 5.02 Å². The highest BCUT2D eigenvalue weighted by Crippen LogP contribution is 2.42. The Hall–Kier alpha value is -3.06. The Bertz CT molecular complexity index is 890. The molecule has 1 saturated heterocycles. The third-order valence-electron chi connectivity index (χ3n) is 4.78. The Kier molecular flexibility index (Phi) is 5.84. The predicted octanol–water partition coefficient (Wildman–Crippen LogP) is 2.96. The number of ether oxygens (including phenoxy) is 1. The number of hydrogen-bond acceptors (Lipinski definition) is 4. The van der Waals surface area contributed by atoms with Crippen LogP contribution in [-0.4, -0.2) is 36.0 Å². The molecule has 3 rings (SSSR count). The fourth-order valence-electron chi connectivity index (χ4n) is 3.57. The molecule has 0 aliphatic carbocycles. The van der Waals surface area contributed by atoms with Crippen molar-refractivity contribution in [1.82, 2.24) is 4.90 Å². The number of likely N-dealkylation sites (tertiary alicyclic amines) is 1. The lowest BCUT2D eigenvalue weighted by Gasteiger charge is -2.30. The first kappa shape index (κ1) is 19.7. The van der Waals surface area contributed by atoms with Gasteiger partial charge in [0.2, 0.25) is 5.91 Å². The number of primary amides is 1. The van der Waals surface area contributed by atoms with Gasteiger partial charge in [0.25, 0.3) is 0 Å². The predicted molar refractivity (Wildman–Crippen MR) is 105 cm³/mol. The summed E-state index contributed by atoms with van der Waals surface area (Å²) < 4.78 is 4.91. The zero-order chi connectivity index (χ0) is 20.3. The Morgan fingerprint density at radius 3 is 2.46 bits per heavy atom. The van der Waals surface area contributed by atoms with Crippen molar-refractivity contribution in [3.63, 3.8) is 0 Å². The number of esters is 1. The molecule has 1 aliphatic rings. The van der Waals surface area contributed by atoms with Crippen molar-refractivity contribution < 1.29 is 19.1 Å². The van der Waals surface area contributed by atoms with E-state index in [1.807, 2.05) is 6.07 Å². The summed E-state index contributed by atoms with van der Waals surface area (Å²) >= 11 is 5.97. The molecule has 8 heteroatoms. The van der Waals surface area contributed by atoms with Gasteiger partial charge < -0.3 is 20.7 Å². The molecule has 0 spiro atoms. The lowest BCUT2D eigenvalue weighted by molar-refractivity contribution is -0.146. The minimum Gasteiger partial charge on any atom is -0.469 e. The maximum atomic E-state index is 13.1. The van der Waals surface area contributed by atoms with E-state index in [0.717, 1.165) is 0 Å². The van der Waals surface area contributed by atoms with Gasteiger partial charge in [0.15, 0.2) is 0 Å². The first-order valence-corrected chi connectivity index (χ1v) is 9.07. The van der Waals surface area contributed by atoms with Crippen molar-refractivity contribution in [2.45, 2.75) is 18.5 Å². The minimum atomic E-state index is -0.950. The van der Waals surface area contributed by atoms with E-state index < -0.39 is 35.9 Å². The van der Waals surface area contributed by atoms with Gasteiger partial charge in [0.1, 0.15) is 6.04 Å². The van der Waals surface area contributed by atoms with Crippen LogP contribution in [0, 0.1) is 5.92 Å². The van der Waals surface area contributed by atoms with Crippen molar-refractivity contribution in [3.05, 3.63) is 65.2 Å². The lowest BCUT2D eigenvalue weighted by atomic mass is 9.93. The van der Waals surface area contributed by atoms with Crippen molar-refractivity contribution in [2.75, 3.05) is 12.4 Å². The maximum Gasteiger partial charge on any atom is 0.323 e. The first-order chi connectivity index (χ1) is 13.4. The van der Waals surface area contributed by atoms with Crippen LogP contribution in [0.1, 0.15) is 18.0 Å². The summed E-state index contributed by atoms with van der Waals surface area (Å²) in [4.78, 5) is 38.9. The van der Waals surface area contributed by atoms with E-state index >= 15 is 0 Å². The van der Waals surface area contributed by atoms with E-state index in [9.17, 15) is 14.4 Å². The van der Waals surface area contributed by atoms with Gasteiger partial charge in [-0.1, -0.05) is 48.0 Å².